The molecule has 2 N–H and O–H groups in total. The lowest BCUT2D eigenvalue weighted by Crippen LogP contribution is -2.32. The molecule has 0 amide bonds. The van der Waals surface area contributed by atoms with Gasteiger partial charge in [0.2, 0.25) is 0 Å². The van der Waals surface area contributed by atoms with Crippen LogP contribution in [-0.2, 0) is 16.0 Å². The number of rotatable bonds is 3. The van der Waals surface area contributed by atoms with Gasteiger partial charge < -0.3 is 14.9 Å². The van der Waals surface area contributed by atoms with E-state index in [0.29, 0.717) is 6.42 Å². The van der Waals surface area contributed by atoms with Crippen molar-refractivity contribution in [3.63, 3.8) is 0 Å². The number of carbonyl (C=O) groups is 1. The van der Waals surface area contributed by atoms with Gasteiger partial charge in [0.05, 0.1) is 6.42 Å². The Morgan fingerprint density at radius 3 is 2.67 bits per heavy atom. The van der Waals surface area contributed by atoms with Crippen molar-refractivity contribution in [2.24, 2.45) is 0 Å². The molecular formula is C11H12O4. The maximum Gasteiger partial charge on any atom is 0.309 e. The minimum absolute atomic E-state index is 0.0217. The van der Waals surface area contributed by atoms with Crippen LogP contribution in [-0.4, -0.2) is 22.3 Å². The lowest BCUT2D eigenvalue weighted by molar-refractivity contribution is -0.169. The van der Waals surface area contributed by atoms with E-state index in [2.05, 4.69) is 0 Å². The minimum Gasteiger partial charge on any atom is -0.504 e. The number of benzene rings is 1. The quantitative estimate of drug-likeness (QED) is 0.581. The average molecular weight is 208 g/mol. The summed E-state index contributed by atoms with van der Waals surface area (Å²) >= 11 is 0. The number of phenolic OH excluding ortho intramolecular Hbond substituents is 2. The summed E-state index contributed by atoms with van der Waals surface area (Å²) in [7, 11) is 0. The third-order valence-corrected chi connectivity index (χ3v) is 2.49. The molecule has 0 unspecified atom stereocenters. The smallest absolute Gasteiger partial charge is 0.309 e. The first kappa shape index (κ1) is 9.83. The molecular weight excluding hydrogens is 196 g/mol. The topological polar surface area (TPSA) is 66.8 Å². The molecule has 1 saturated heterocycles. The molecule has 2 rings (SSSR count). The molecule has 0 aliphatic carbocycles. The van der Waals surface area contributed by atoms with E-state index in [0.717, 1.165) is 18.4 Å². The van der Waals surface area contributed by atoms with Gasteiger partial charge in [0.15, 0.2) is 11.5 Å². The Morgan fingerprint density at radius 2 is 2.07 bits per heavy atom. The van der Waals surface area contributed by atoms with Crippen LogP contribution in [0.5, 0.6) is 11.5 Å². The fourth-order valence-electron chi connectivity index (χ4n) is 1.58. The first-order valence-electron chi connectivity index (χ1n) is 4.85. The summed E-state index contributed by atoms with van der Waals surface area (Å²) < 4.78 is 4.86. The van der Waals surface area contributed by atoms with E-state index in [1.54, 1.807) is 6.07 Å². The van der Waals surface area contributed by atoms with Crippen LogP contribution in [0.1, 0.15) is 18.4 Å². The maximum atomic E-state index is 10.5. The summed E-state index contributed by atoms with van der Waals surface area (Å²) in [6.07, 6.45) is 2.00. The maximum absolute atomic E-state index is 10.5. The van der Waals surface area contributed by atoms with Gasteiger partial charge >= 0.3 is 5.97 Å². The molecule has 0 aromatic heterocycles. The van der Waals surface area contributed by atoms with Crippen molar-refractivity contribution < 1.29 is 19.7 Å². The highest BCUT2D eigenvalue weighted by Crippen LogP contribution is 2.26. The van der Waals surface area contributed by atoms with Gasteiger partial charge in [-0.15, -0.1) is 0 Å². The molecule has 1 aliphatic heterocycles. The van der Waals surface area contributed by atoms with Gasteiger partial charge in [-0.2, -0.15) is 0 Å². The van der Waals surface area contributed by atoms with Crippen LogP contribution in [0.2, 0.25) is 0 Å². The van der Waals surface area contributed by atoms with Crippen molar-refractivity contribution in [2.75, 3.05) is 0 Å². The third-order valence-electron chi connectivity index (χ3n) is 2.49. The van der Waals surface area contributed by atoms with Crippen LogP contribution in [0.4, 0.5) is 0 Å². The first-order chi connectivity index (χ1) is 7.15. The second-order valence-corrected chi connectivity index (χ2v) is 3.68. The summed E-state index contributed by atoms with van der Waals surface area (Å²) in [5.41, 5.74) is 0.924. The van der Waals surface area contributed by atoms with Gasteiger partial charge in [-0.1, -0.05) is 6.07 Å². The number of esters is 1. The van der Waals surface area contributed by atoms with Gasteiger partial charge in [-0.3, -0.25) is 4.79 Å². The van der Waals surface area contributed by atoms with Crippen molar-refractivity contribution in [1.82, 2.24) is 0 Å². The lowest BCUT2D eigenvalue weighted by atomic mass is 10.0. The largest absolute Gasteiger partial charge is 0.504 e. The van der Waals surface area contributed by atoms with E-state index >= 15 is 0 Å². The Bertz CT molecular complexity index is 378. The number of aryl methyl sites for hydroxylation is 1. The molecule has 4 nitrogen and oxygen atoms in total. The molecule has 80 valence electrons. The molecule has 0 spiro atoms. The molecule has 1 aromatic rings. The highest BCUT2D eigenvalue weighted by molar-refractivity contribution is 5.75. The molecule has 15 heavy (non-hydrogen) atoms. The Labute approximate surface area is 87.1 Å². The Kier molecular flexibility index (Phi) is 2.49. The van der Waals surface area contributed by atoms with Gasteiger partial charge in [0, 0.05) is 0 Å². The number of hydrogen-bond donors (Lipinski definition) is 2. The standard InChI is InChI=1S/C11H12O4/c12-9-4-2-7(5-10(9)13)1-3-8-6-11(14)15-8/h2,4-5,8,12-13H,1,3,6H2/t8-/m1/s1. The zero-order valence-electron chi connectivity index (χ0n) is 8.14. The van der Waals surface area contributed by atoms with Gasteiger partial charge in [0.1, 0.15) is 6.10 Å². The fraction of sp³-hybridized carbons (Fsp3) is 0.364. The second-order valence-electron chi connectivity index (χ2n) is 3.68. The highest BCUT2D eigenvalue weighted by atomic mass is 16.6. The highest BCUT2D eigenvalue weighted by Gasteiger charge is 2.27. The molecule has 1 heterocycles. The fourth-order valence-corrected chi connectivity index (χ4v) is 1.58. The van der Waals surface area contributed by atoms with E-state index in [9.17, 15) is 9.90 Å². The van der Waals surface area contributed by atoms with E-state index in [1.807, 2.05) is 0 Å². The third kappa shape index (κ3) is 2.21. The van der Waals surface area contributed by atoms with Crippen LogP contribution in [0.25, 0.3) is 0 Å². The molecule has 1 aliphatic rings. The SMILES string of the molecule is O=C1C[C@@H](CCc2ccc(O)c(O)c2)O1. The van der Waals surface area contributed by atoms with E-state index in [-0.39, 0.29) is 23.6 Å². The van der Waals surface area contributed by atoms with Gasteiger partial charge in [-0.25, -0.2) is 0 Å². The Balaban J connectivity index is 1.88. The van der Waals surface area contributed by atoms with Crippen LogP contribution >= 0.6 is 0 Å². The lowest BCUT2D eigenvalue weighted by Gasteiger charge is -2.25. The first-order valence-corrected chi connectivity index (χ1v) is 4.85. The Morgan fingerprint density at radius 1 is 1.33 bits per heavy atom. The molecule has 1 atom stereocenters. The van der Waals surface area contributed by atoms with Crippen molar-refractivity contribution in [3.8, 4) is 11.5 Å². The Hall–Kier alpha value is -1.71. The summed E-state index contributed by atoms with van der Waals surface area (Å²) in [5.74, 6) is -0.375. The molecule has 4 heteroatoms. The molecule has 0 radical (unpaired) electrons. The van der Waals surface area contributed by atoms with Crippen LogP contribution in [0.3, 0.4) is 0 Å². The number of carbonyl (C=O) groups excluding carboxylic acids is 1. The number of ether oxygens (including phenoxy) is 1. The van der Waals surface area contributed by atoms with Crippen molar-refractivity contribution >= 4 is 5.97 Å². The zero-order valence-corrected chi connectivity index (χ0v) is 8.14. The molecule has 0 bridgehead atoms. The predicted octanol–water partition coefficient (Wildman–Crippen LogP) is 1.35. The van der Waals surface area contributed by atoms with Crippen LogP contribution in [0.15, 0.2) is 18.2 Å². The molecule has 0 saturated carbocycles. The van der Waals surface area contributed by atoms with Crippen LogP contribution < -0.4 is 0 Å². The number of aromatic hydroxyl groups is 2. The van der Waals surface area contributed by atoms with Gasteiger partial charge in [0.25, 0.3) is 0 Å². The summed E-state index contributed by atoms with van der Waals surface area (Å²) in [6.45, 7) is 0. The van der Waals surface area contributed by atoms with E-state index in [1.165, 1.54) is 12.1 Å². The van der Waals surface area contributed by atoms with Crippen molar-refractivity contribution in [3.05, 3.63) is 23.8 Å². The summed E-state index contributed by atoms with van der Waals surface area (Å²) in [6, 6.07) is 4.73. The minimum atomic E-state index is -0.145. The normalized spacial score (nSPS) is 19.5. The van der Waals surface area contributed by atoms with Gasteiger partial charge in [-0.05, 0) is 30.5 Å². The molecule has 1 fully saturated rings. The predicted molar refractivity (Wildman–Crippen MR) is 52.6 cm³/mol. The number of cyclic esters (lactones) is 1. The zero-order chi connectivity index (χ0) is 10.8. The number of hydrogen-bond acceptors (Lipinski definition) is 4. The van der Waals surface area contributed by atoms with E-state index < -0.39 is 0 Å². The van der Waals surface area contributed by atoms with E-state index in [4.69, 9.17) is 9.84 Å². The summed E-state index contributed by atoms with van der Waals surface area (Å²) in [4.78, 5) is 10.5. The average Bonchev–Trinajstić information content (AvgIpc) is 2.16. The molecule has 1 aromatic carbocycles. The monoisotopic (exact) mass is 208 g/mol. The van der Waals surface area contributed by atoms with Crippen LogP contribution in [0, 0.1) is 0 Å². The second kappa shape index (κ2) is 3.81. The number of phenols is 2. The van der Waals surface area contributed by atoms with Crippen molar-refractivity contribution in [1.29, 1.82) is 0 Å². The summed E-state index contributed by atoms with van der Waals surface area (Å²) in [5, 5.41) is 18.3. The van der Waals surface area contributed by atoms with Crippen molar-refractivity contribution in [2.45, 2.75) is 25.4 Å².